The molecule has 0 radical (unpaired) electrons. The van der Waals surface area contributed by atoms with Crippen molar-refractivity contribution < 1.29 is 18.7 Å². The van der Waals surface area contributed by atoms with Gasteiger partial charge in [0.05, 0.1) is 16.7 Å². The zero-order valence-electron chi connectivity index (χ0n) is 19.0. The Kier molecular flexibility index (Phi) is 4.88. The summed E-state index contributed by atoms with van der Waals surface area (Å²) >= 11 is 0. The van der Waals surface area contributed by atoms with Crippen LogP contribution in [0.4, 0.5) is 4.39 Å². The lowest BCUT2D eigenvalue weighted by Gasteiger charge is -2.05. The Morgan fingerprint density at radius 1 is 0.743 bits per heavy atom. The zero-order chi connectivity index (χ0) is 24.1. The number of cyclic esters (lactones) is 2. The Bertz CT molecular complexity index is 1670. The van der Waals surface area contributed by atoms with Gasteiger partial charge in [-0.25, -0.2) is 14.0 Å². The lowest BCUT2D eigenvalue weighted by atomic mass is 9.95. The van der Waals surface area contributed by atoms with E-state index in [2.05, 4.69) is 0 Å². The van der Waals surface area contributed by atoms with Crippen molar-refractivity contribution in [3.63, 3.8) is 0 Å². The molecule has 0 aliphatic carbocycles. The van der Waals surface area contributed by atoms with E-state index in [-0.39, 0.29) is 17.0 Å². The number of hydrogen-bond donors (Lipinski definition) is 0. The highest BCUT2D eigenvalue weighted by atomic mass is 19.1. The predicted molar refractivity (Wildman–Crippen MR) is 133 cm³/mol. The Balaban J connectivity index is 1.62. The molecular formula is C29H21FN2O3. The Morgan fingerprint density at radius 3 is 2.09 bits per heavy atom. The van der Waals surface area contributed by atoms with Crippen LogP contribution < -0.4 is 0 Å². The zero-order valence-corrected chi connectivity index (χ0v) is 19.0. The summed E-state index contributed by atoms with van der Waals surface area (Å²) in [5.74, 6) is -1.74. The highest BCUT2D eigenvalue weighted by Gasteiger charge is 2.37. The average Bonchev–Trinajstić information content (AvgIpc) is 3.50. The Labute approximate surface area is 200 Å². The van der Waals surface area contributed by atoms with Crippen LogP contribution in [0.5, 0.6) is 0 Å². The number of rotatable bonds is 5. The molecule has 0 fully saturated rings. The van der Waals surface area contributed by atoms with Gasteiger partial charge in [-0.2, -0.15) is 0 Å². The number of ether oxygens (including phenoxy) is 1. The van der Waals surface area contributed by atoms with Crippen molar-refractivity contribution in [3.8, 4) is 0 Å². The number of carbonyl (C=O) groups is 2. The number of fused-ring (bicyclic) bond motifs is 2. The largest absolute Gasteiger partial charge is 0.386 e. The van der Waals surface area contributed by atoms with E-state index in [4.69, 9.17) is 4.74 Å². The fraction of sp³-hybridized carbons (Fsp3) is 0.103. The number of aromatic nitrogens is 2. The number of esters is 2. The van der Waals surface area contributed by atoms with E-state index < -0.39 is 11.9 Å². The molecule has 3 aromatic carbocycles. The quantitative estimate of drug-likeness (QED) is 0.244. The summed E-state index contributed by atoms with van der Waals surface area (Å²) in [6, 6.07) is 22.0. The van der Waals surface area contributed by atoms with Crippen LogP contribution in [0.2, 0.25) is 0 Å². The highest BCUT2D eigenvalue weighted by molar-refractivity contribution is 6.46. The lowest BCUT2D eigenvalue weighted by molar-refractivity contribution is -0.149. The van der Waals surface area contributed by atoms with Crippen LogP contribution in [0.25, 0.3) is 33.0 Å². The minimum absolute atomic E-state index is 0.206. The van der Waals surface area contributed by atoms with Crippen molar-refractivity contribution in [2.24, 2.45) is 0 Å². The standard InChI is InChI=1S/C29H21FN2O3/c1-2-31-16-22(20-10-6-7-11-24(20)31)26-27(29(34)35-28(26)33)23-17-32(15-18-8-4-3-5-9-18)25-14-19(30)12-13-21(23)25/h3-14,16-17H,2,15H2,1H3. The first kappa shape index (κ1) is 21.1. The molecule has 0 atom stereocenters. The van der Waals surface area contributed by atoms with Gasteiger partial charge in [0.2, 0.25) is 0 Å². The van der Waals surface area contributed by atoms with Gasteiger partial charge in [0, 0.05) is 52.9 Å². The van der Waals surface area contributed by atoms with Crippen LogP contribution in [0.1, 0.15) is 23.6 Å². The summed E-state index contributed by atoms with van der Waals surface area (Å²) in [5.41, 5.74) is 4.29. The van der Waals surface area contributed by atoms with Crippen LogP contribution in [-0.2, 0) is 27.4 Å². The van der Waals surface area contributed by atoms with Crippen LogP contribution in [-0.4, -0.2) is 21.1 Å². The first-order chi connectivity index (χ1) is 17.0. The molecule has 0 saturated heterocycles. The topological polar surface area (TPSA) is 53.2 Å². The molecule has 0 unspecified atom stereocenters. The summed E-state index contributed by atoms with van der Waals surface area (Å²) in [6.45, 7) is 3.22. The molecule has 6 heteroatoms. The van der Waals surface area contributed by atoms with E-state index in [1.165, 1.54) is 12.1 Å². The molecule has 0 saturated carbocycles. The fourth-order valence-corrected chi connectivity index (χ4v) is 4.96. The SMILES string of the molecule is CCn1cc(C2=C(c3cn(Cc4ccccc4)c4cc(F)ccc34)C(=O)OC2=O)c2ccccc21. The molecule has 5 aromatic rings. The van der Waals surface area contributed by atoms with E-state index in [0.717, 1.165) is 16.5 Å². The van der Waals surface area contributed by atoms with Crippen LogP contribution >= 0.6 is 0 Å². The molecule has 0 amide bonds. The van der Waals surface area contributed by atoms with Gasteiger partial charge in [0.25, 0.3) is 0 Å². The number of para-hydroxylation sites is 1. The summed E-state index contributed by atoms with van der Waals surface area (Å²) in [7, 11) is 0. The second kappa shape index (κ2) is 8.09. The van der Waals surface area contributed by atoms with E-state index in [1.54, 1.807) is 6.07 Å². The van der Waals surface area contributed by atoms with Gasteiger partial charge < -0.3 is 13.9 Å². The molecule has 0 bridgehead atoms. The Hall–Kier alpha value is -4.45. The summed E-state index contributed by atoms with van der Waals surface area (Å²) < 4.78 is 23.4. The number of carbonyl (C=O) groups excluding carboxylic acids is 2. The molecule has 1 aliphatic heterocycles. The smallest absolute Gasteiger partial charge is 0.347 e. The highest BCUT2D eigenvalue weighted by Crippen LogP contribution is 2.41. The normalized spacial score (nSPS) is 13.9. The van der Waals surface area contributed by atoms with E-state index in [1.807, 2.05) is 83.0 Å². The number of hydrogen-bond acceptors (Lipinski definition) is 3. The van der Waals surface area contributed by atoms with E-state index in [9.17, 15) is 14.0 Å². The Morgan fingerprint density at radius 2 is 1.37 bits per heavy atom. The van der Waals surface area contributed by atoms with Crippen molar-refractivity contribution >= 4 is 44.9 Å². The third kappa shape index (κ3) is 3.37. The van der Waals surface area contributed by atoms with Gasteiger partial charge in [-0.3, -0.25) is 0 Å². The number of nitrogens with zero attached hydrogens (tertiary/aromatic N) is 2. The second-order valence-electron chi connectivity index (χ2n) is 8.59. The van der Waals surface area contributed by atoms with Crippen molar-refractivity contribution in [3.05, 3.63) is 108 Å². The van der Waals surface area contributed by atoms with E-state index in [0.29, 0.717) is 35.1 Å². The number of aryl methyl sites for hydroxylation is 1. The molecular weight excluding hydrogens is 443 g/mol. The van der Waals surface area contributed by atoms with Gasteiger partial charge in [-0.1, -0.05) is 48.5 Å². The number of benzene rings is 3. The molecule has 6 rings (SSSR count). The van der Waals surface area contributed by atoms with Crippen LogP contribution in [0, 0.1) is 5.82 Å². The molecule has 3 heterocycles. The van der Waals surface area contributed by atoms with Gasteiger partial charge in [0.15, 0.2) is 0 Å². The molecule has 1 aliphatic rings. The fourth-order valence-electron chi connectivity index (χ4n) is 4.96. The van der Waals surface area contributed by atoms with Gasteiger partial charge in [0.1, 0.15) is 5.82 Å². The monoisotopic (exact) mass is 464 g/mol. The van der Waals surface area contributed by atoms with Crippen molar-refractivity contribution in [1.82, 2.24) is 9.13 Å². The minimum Gasteiger partial charge on any atom is -0.386 e. The third-order valence-electron chi connectivity index (χ3n) is 6.55. The molecule has 0 spiro atoms. The van der Waals surface area contributed by atoms with Crippen molar-refractivity contribution in [2.75, 3.05) is 0 Å². The first-order valence-corrected chi connectivity index (χ1v) is 11.5. The van der Waals surface area contributed by atoms with Crippen molar-refractivity contribution in [2.45, 2.75) is 20.0 Å². The summed E-state index contributed by atoms with van der Waals surface area (Å²) in [5, 5.41) is 1.55. The molecule has 35 heavy (non-hydrogen) atoms. The average molecular weight is 464 g/mol. The lowest BCUT2D eigenvalue weighted by Crippen LogP contribution is -2.02. The molecule has 5 nitrogen and oxygen atoms in total. The number of halogens is 1. The summed E-state index contributed by atoms with van der Waals surface area (Å²) in [4.78, 5) is 26.1. The van der Waals surface area contributed by atoms with Gasteiger partial charge >= 0.3 is 11.9 Å². The molecule has 172 valence electrons. The van der Waals surface area contributed by atoms with Crippen molar-refractivity contribution in [1.29, 1.82) is 0 Å². The van der Waals surface area contributed by atoms with Gasteiger partial charge in [-0.05, 0) is 36.8 Å². The van der Waals surface area contributed by atoms with Crippen LogP contribution in [0.3, 0.4) is 0 Å². The maximum atomic E-state index is 14.3. The minimum atomic E-state index is -0.693. The third-order valence-corrected chi connectivity index (χ3v) is 6.55. The maximum Gasteiger partial charge on any atom is 0.347 e. The predicted octanol–water partition coefficient (Wildman–Crippen LogP) is 5.80. The maximum absolute atomic E-state index is 14.3. The second-order valence-corrected chi connectivity index (χ2v) is 8.59. The molecule has 0 N–H and O–H groups in total. The van der Waals surface area contributed by atoms with Crippen LogP contribution in [0.15, 0.2) is 85.2 Å². The van der Waals surface area contributed by atoms with Gasteiger partial charge in [-0.15, -0.1) is 0 Å². The molecule has 2 aromatic heterocycles. The van der Waals surface area contributed by atoms with E-state index >= 15 is 0 Å². The first-order valence-electron chi connectivity index (χ1n) is 11.5. The summed E-state index contributed by atoms with van der Waals surface area (Å²) in [6.07, 6.45) is 3.70.